The number of nitrogens with zero attached hydrogens (tertiary/aromatic N) is 2. The Hall–Kier alpha value is -2.32. The number of H-pyrrole nitrogens is 1. The van der Waals surface area contributed by atoms with Gasteiger partial charge in [0.1, 0.15) is 11.6 Å². The molecular formula is C11H6ClN3O2. The lowest BCUT2D eigenvalue weighted by atomic mass is 10.3. The molecule has 1 heterocycles. The molecule has 0 amide bonds. The van der Waals surface area contributed by atoms with E-state index in [-0.39, 0.29) is 5.56 Å². The summed E-state index contributed by atoms with van der Waals surface area (Å²) in [6.07, 6.45) is 1.20. The molecule has 6 heteroatoms. The molecule has 0 bridgehead atoms. The average Bonchev–Trinajstić information content (AvgIpc) is 2.31. The Morgan fingerprint density at radius 2 is 1.88 bits per heavy atom. The molecule has 0 aliphatic rings. The van der Waals surface area contributed by atoms with Crippen molar-refractivity contribution >= 4 is 11.6 Å². The number of aromatic amines is 1. The summed E-state index contributed by atoms with van der Waals surface area (Å²) in [5, 5.41) is 9.25. The van der Waals surface area contributed by atoms with Gasteiger partial charge in [0.2, 0.25) is 0 Å². The van der Waals surface area contributed by atoms with Crippen LogP contribution in [-0.4, -0.2) is 9.55 Å². The van der Waals surface area contributed by atoms with Crippen LogP contribution in [0, 0.1) is 11.3 Å². The maximum Gasteiger partial charge on any atom is 0.332 e. The van der Waals surface area contributed by atoms with E-state index in [0.717, 1.165) is 0 Å². The zero-order valence-corrected chi connectivity index (χ0v) is 9.23. The summed E-state index contributed by atoms with van der Waals surface area (Å²) in [5.41, 5.74) is -0.897. The Morgan fingerprint density at radius 1 is 1.24 bits per heavy atom. The molecular weight excluding hydrogens is 242 g/mol. The van der Waals surface area contributed by atoms with Crippen LogP contribution >= 0.6 is 11.6 Å². The van der Waals surface area contributed by atoms with E-state index in [4.69, 9.17) is 16.9 Å². The summed E-state index contributed by atoms with van der Waals surface area (Å²) < 4.78 is 1.18. The zero-order valence-electron chi connectivity index (χ0n) is 8.48. The number of benzene rings is 1. The van der Waals surface area contributed by atoms with Gasteiger partial charge in [-0.1, -0.05) is 11.6 Å². The molecule has 0 atom stereocenters. The third-order valence-corrected chi connectivity index (χ3v) is 2.42. The number of hydrogen-bond acceptors (Lipinski definition) is 3. The van der Waals surface area contributed by atoms with Crippen LogP contribution in [-0.2, 0) is 0 Å². The summed E-state index contributed by atoms with van der Waals surface area (Å²) in [4.78, 5) is 24.8. The first kappa shape index (κ1) is 11.2. The summed E-state index contributed by atoms with van der Waals surface area (Å²) in [6.45, 7) is 0. The van der Waals surface area contributed by atoms with Crippen molar-refractivity contribution in [1.29, 1.82) is 5.26 Å². The van der Waals surface area contributed by atoms with E-state index in [2.05, 4.69) is 4.98 Å². The number of hydrogen-bond donors (Lipinski definition) is 1. The lowest BCUT2D eigenvalue weighted by molar-refractivity contribution is 0.889. The van der Waals surface area contributed by atoms with Gasteiger partial charge < -0.3 is 0 Å². The predicted molar refractivity (Wildman–Crippen MR) is 62.4 cm³/mol. The summed E-state index contributed by atoms with van der Waals surface area (Å²) in [5.74, 6) is 0. The third kappa shape index (κ3) is 2.12. The Balaban J connectivity index is 2.68. The first-order chi connectivity index (χ1) is 8.11. The smallest absolute Gasteiger partial charge is 0.273 e. The molecule has 0 aliphatic heterocycles. The maximum atomic E-state index is 11.6. The molecule has 0 spiro atoms. The van der Waals surface area contributed by atoms with Gasteiger partial charge >= 0.3 is 5.69 Å². The lowest BCUT2D eigenvalue weighted by Gasteiger charge is -2.04. The second-order valence-electron chi connectivity index (χ2n) is 3.26. The van der Waals surface area contributed by atoms with Gasteiger partial charge in [0, 0.05) is 11.2 Å². The van der Waals surface area contributed by atoms with E-state index in [1.165, 1.54) is 10.8 Å². The molecule has 0 unspecified atom stereocenters. The minimum atomic E-state index is -0.692. The first-order valence-corrected chi connectivity index (χ1v) is 5.01. The van der Waals surface area contributed by atoms with Crippen LogP contribution in [0.3, 0.4) is 0 Å². The molecule has 2 rings (SSSR count). The number of aromatic nitrogens is 2. The third-order valence-electron chi connectivity index (χ3n) is 2.17. The van der Waals surface area contributed by atoms with Gasteiger partial charge in [-0.05, 0) is 24.3 Å². The molecule has 2 aromatic rings. The van der Waals surface area contributed by atoms with Crippen LogP contribution in [0.15, 0.2) is 40.1 Å². The SMILES string of the molecule is N#Cc1cn(-c2ccc(Cl)cc2)c(=O)[nH]c1=O. The Morgan fingerprint density at radius 3 is 2.47 bits per heavy atom. The number of halogens is 1. The molecule has 5 nitrogen and oxygen atoms in total. The predicted octanol–water partition coefficient (Wildman–Crippen LogP) is 1.05. The molecule has 0 radical (unpaired) electrons. The van der Waals surface area contributed by atoms with Crippen LogP contribution in [0.1, 0.15) is 5.56 Å². The van der Waals surface area contributed by atoms with Crippen molar-refractivity contribution in [3.8, 4) is 11.8 Å². The highest BCUT2D eigenvalue weighted by Crippen LogP contribution is 2.11. The van der Waals surface area contributed by atoms with E-state index in [1.54, 1.807) is 30.3 Å². The fourth-order valence-electron chi connectivity index (χ4n) is 1.34. The molecule has 0 aliphatic carbocycles. The Kier molecular flexibility index (Phi) is 2.81. The summed E-state index contributed by atoms with van der Waals surface area (Å²) in [7, 11) is 0. The largest absolute Gasteiger partial charge is 0.332 e. The van der Waals surface area contributed by atoms with E-state index in [9.17, 15) is 9.59 Å². The van der Waals surface area contributed by atoms with Gasteiger partial charge in [-0.25, -0.2) is 4.79 Å². The van der Waals surface area contributed by atoms with Gasteiger partial charge in [-0.3, -0.25) is 14.3 Å². The zero-order chi connectivity index (χ0) is 12.4. The van der Waals surface area contributed by atoms with Gasteiger partial charge in [0.05, 0.1) is 5.69 Å². The van der Waals surface area contributed by atoms with E-state index in [1.807, 2.05) is 0 Å². The molecule has 0 saturated carbocycles. The standard InChI is InChI=1S/C11H6ClN3O2/c12-8-1-3-9(4-2-8)15-6-7(5-13)10(16)14-11(15)17/h1-4,6H,(H,14,16,17). The van der Waals surface area contributed by atoms with Crippen molar-refractivity contribution in [2.45, 2.75) is 0 Å². The lowest BCUT2D eigenvalue weighted by Crippen LogP contribution is -2.29. The summed E-state index contributed by atoms with van der Waals surface area (Å²) >= 11 is 5.73. The normalized spacial score (nSPS) is 9.88. The fourth-order valence-corrected chi connectivity index (χ4v) is 1.47. The quantitative estimate of drug-likeness (QED) is 0.818. The second kappa shape index (κ2) is 4.28. The van der Waals surface area contributed by atoms with Crippen LogP contribution < -0.4 is 11.2 Å². The number of nitrogens with one attached hydrogen (secondary N) is 1. The topological polar surface area (TPSA) is 78.7 Å². The minimum Gasteiger partial charge on any atom is -0.273 e. The molecule has 84 valence electrons. The van der Waals surface area contributed by atoms with Crippen molar-refractivity contribution in [2.24, 2.45) is 0 Å². The highest BCUT2D eigenvalue weighted by molar-refractivity contribution is 6.30. The molecule has 1 aromatic heterocycles. The first-order valence-electron chi connectivity index (χ1n) is 4.64. The highest BCUT2D eigenvalue weighted by atomic mass is 35.5. The Bertz CT molecular complexity index is 707. The van der Waals surface area contributed by atoms with Crippen molar-refractivity contribution in [1.82, 2.24) is 9.55 Å². The van der Waals surface area contributed by atoms with E-state index >= 15 is 0 Å². The van der Waals surface area contributed by atoms with Crippen LogP contribution in [0.2, 0.25) is 5.02 Å². The van der Waals surface area contributed by atoms with Gasteiger partial charge in [-0.15, -0.1) is 0 Å². The van der Waals surface area contributed by atoms with Crippen molar-refractivity contribution < 1.29 is 0 Å². The van der Waals surface area contributed by atoms with E-state index < -0.39 is 11.2 Å². The van der Waals surface area contributed by atoms with Crippen LogP contribution in [0.5, 0.6) is 0 Å². The van der Waals surface area contributed by atoms with Crippen LogP contribution in [0.25, 0.3) is 5.69 Å². The average molecular weight is 248 g/mol. The number of nitriles is 1. The van der Waals surface area contributed by atoms with Crippen molar-refractivity contribution in [2.75, 3.05) is 0 Å². The monoisotopic (exact) mass is 247 g/mol. The van der Waals surface area contributed by atoms with Crippen molar-refractivity contribution in [3.63, 3.8) is 0 Å². The summed E-state index contributed by atoms with van der Waals surface area (Å²) in [6, 6.07) is 8.17. The molecule has 17 heavy (non-hydrogen) atoms. The van der Waals surface area contributed by atoms with E-state index in [0.29, 0.717) is 10.7 Å². The minimum absolute atomic E-state index is 0.125. The van der Waals surface area contributed by atoms with Crippen LogP contribution in [0.4, 0.5) is 0 Å². The maximum absolute atomic E-state index is 11.6. The molecule has 1 N–H and O–H groups in total. The Labute approximate surface area is 101 Å². The molecule has 0 saturated heterocycles. The van der Waals surface area contributed by atoms with Gasteiger partial charge in [-0.2, -0.15) is 5.26 Å². The second-order valence-corrected chi connectivity index (χ2v) is 3.70. The molecule has 1 aromatic carbocycles. The van der Waals surface area contributed by atoms with Gasteiger partial charge in [0.25, 0.3) is 5.56 Å². The molecule has 0 fully saturated rings. The number of rotatable bonds is 1. The van der Waals surface area contributed by atoms with Crippen molar-refractivity contribution in [3.05, 3.63) is 61.9 Å². The highest BCUT2D eigenvalue weighted by Gasteiger charge is 2.05. The van der Waals surface area contributed by atoms with Gasteiger partial charge in [0.15, 0.2) is 0 Å². The fraction of sp³-hybridized carbons (Fsp3) is 0.